The van der Waals surface area contributed by atoms with Crippen LogP contribution < -0.4 is 5.32 Å². The Balaban J connectivity index is 1.28. The number of hydrogen-bond donors (Lipinski definition) is 1. The molecule has 0 spiro atoms. The van der Waals surface area contributed by atoms with Crippen LogP contribution in [0.5, 0.6) is 0 Å². The Morgan fingerprint density at radius 3 is 2.58 bits per heavy atom. The number of benzene rings is 2. The van der Waals surface area contributed by atoms with Crippen LogP contribution in [0.15, 0.2) is 59.1 Å². The molecule has 2 aromatic carbocycles. The predicted octanol–water partition coefficient (Wildman–Crippen LogP) is 2.15. The standard InChI is InChI=1S/C23H19BrN2O6S/c24-15-8-6-14(7-9-15)12-31-22(30)23-16(11-18(28)32-23)33-21-19(20(29)26(21)23)25-17(27)10-13-4-2-1-3-5-13/h1-9,16,19,21H,10-12H2,(H,25,27)/t16-,19-,21-,23-/m1/s1. The van der Waals surface area contributed by atoms with Crippen molar-refractivity contribution in [1.82, 2.24) is 10.2 Å². The van der Waals surface area contributed by atoms with Crippen molar-refractivity contribution in [3.8, 4) is 0 Å². The summed E-state index contributed by atoms with van der Waals surface area (Å²) in [6, 6.07) is 15.7. The molecule has 4 atom stereocenters. The van der Waals surface area contributed by atoms with E-state index in [2.05, 4.69) is 21.2 Å². The van der Waals surface area contributed by atoms with Gasteiger partial charge in [0.1, 0.15) is 18.0 Å². The summed E-state index contributed by atoms with van der Waals surface area (Å²) in [5.41, 5.74) is -0.206. The van der Waals surface area contributed by atoms with Crippen LogP contribution in [0.3, 0.4) is 0 Å². The number of nitrogens with one attached hydrogen (secondary N) is 1. The summed E-state index contributed by atoms with van der Waals surface area (Å²) in [6.45, 7) is -0.0211. The number of ether oxygens (including phenoxy) is 2. The van der Waals surface area contributed by atoms with Gasteiger partial charge in [-0.15, -0.1) is 11.8 Å². The third kappa shape index (κ3) is 3.80. The van der Waals surface area contributed by atoms with E-state index in [0.29, 0.717) is 0 Å². The lowest BCUT2D eigenvalue weighted by Gasteiger charge is -2.47. The molecule has 0 bridgehead atoms. The van der Waals surface area contributed by atoms with Crippen LogP contribution in [-0.4, -0.2) is 51.0 Å². The van der Waals surface area contributed by atoms with Crippen LogP contribution >= 0.6 is 27.7 Å². The monoisotopic (exact) mass is 530 g/mol. The van der Waals surface area contributed by atoms with Gasteiger partial charge in [0.05, 0.1) is 18.1 Å². The number of rotatable bonds is 6. The maximum atomic E-state index is 13.1. The van der Waals surface area contributed by atoms with Gasteiger partial charge in [-0.2, -0.15) is 0 Å². The van der Waals surface area contributed by atoms with Crippen molar-refractivity contribution in [2.75, 3.05) is 0 Å². The Morgan fingerprint density at radius 2 is 1.85 bits per heavy atom. The summed E-state index contributed by atoms with van der Waals surface area (Å²) in [4.78, 5) is 51.9. The first-order chi connectivity index (χ1) is 15.9. The van der Waals surface area contributed by atoms with Crippen molar-refractivity contribution in [2.24, 2.45) is 0 Å². The van der Waals surface area contributed by atoms with E-state index in [1.54, 1.807) is 12.1 Å². The van der Waals surface area contributed by atoms with E-state index < -0.39 is 40.2 Å². The zero-order valence-electron chi connectivity index (χ0n) is 17.2. The Morgan fingerprint density at radius 1 is 1.12 bits per heavy atom. The zero-order valence-corrected chi connectivity index (χ0v) is 19.6. The fourth-order valence-electron chi connectivity index (χ4n) is 4.28. The number of carbonyl (C=O) groups excluding carboxylic acids is 4. The maximum Gasteiger partial charge on any atom is 0.374 e. The van der Waals surface area contributed by atoms with Gasteiger partial charge in [0, 0.05) is 4.47 Å². The van der Waals surface area contributed by atoms with E-state index in [0.717, 1.165) is 15.6 Å². The van der Waals surface area contributed by atoms with E-state index >= 15 is 0 Å². The molecule has 2 aromatic rings. The average molecular weight is 531 g/mol. The van der Waals surface area contributed by atoms with Crippen LogP contribution in [0.1, 0.15) is 17.5 Å². The molecule has 10 heteroatoms. The van der Waals surface area contributed by atoms with Gasteiger partial charge in [-0.3, -0.25) is 19.3 Å². The quantitative estimate of drug-likeness (QED) is 0.450. The first kappa shape index (κ1) is 22.0. The molecule has 3 saturated heterocycles. The Bertz CT molecular complexity index is 1130. The lowest BCUT2D eigenvalue weighted by atomic mass is 9.98. The van der Waals surface area contributed by atoms with Gasteiger partial charge in [-0.1, -0.05) is 58.4 Å². The second-order valence-corrected chi connectivity index (χ2v) is 10.2. The Labute approximate surface area is 202 Å². The molecule has 170 valence electrons. The molecule has 0 saturated carbocycles. The van der Waals surface area contributed by atoms with Crippen molar-refractivity contribution < 1.29 is 28.7 Å². The minimum Gasteiger partial charge on any atom is -0.456 e. The molecule has 0 radical (unpaired) electrons. The maximum absolute atomic E-state index is 13.1. The number of fused-ring (bicyclic) bond motifs is 3. The van der Waals surface area contributed by atoms with Crippen LogP contribution in [0.25, 0.3) is 0 Å². The highest BCUT2D eigenvalue weighted by Gasteiger charge is 2.75. The first-order valence-corrected chi connectivity index (χ1v) is 12.1. The van der Waals surface area contributed by atoms with Crippen LogP contribution in [0.4, 0.5) is 0 Å². The van der Waals surface area contributed by atoms with Crippen molar-refractivity contribution in [3.63, 3.8) is 0 Å². The lowest BCUT2D eigenvalue weighted by Crippen LogP contribution is -2.75. The summed E-state index contributed by atoms with van der Waals surface area (Å²) in [5.74, 6) is -2.10. The normalized spacial score (nSPS) is 27.3. The summed E-state index contributed by atoms with van der Waals surface area (Å²) in [6.07, 6.45) is 0.129. The molecule has 0 aromatic heterocycles. The Hall–Kier alpha value is -2.85. The third-order valence-electron chi connectivity index (χ3n) is 5.86. The number of β-lactam (4-membered cyclic amide) rings is 1. The van der Waals surface area contributed by atoms with E-state index in [-0.39, 0.29) is 25.4 Å². The van der Waals surface area contributed by atoms with E-state index in [9.17, 15) is 19.2 Å². The highest BCUT2D eigenvalue weighted by atomic mass is 79.9. The predicted molar refractivity (Wildman–Crippen MR) is 121 cm³/mol. The molecule has 2 amide bonds. The number of amides is 2. The van der Waals surface area contributed by atoms with Gasteiger partial charge in [-0.05, 0) is 23.3 Å². The minimum absolute atomic E-state index is 0.0109. The van der Waals surface area contributed by atoms with Gasteiger partial charge in [0.15, 0.2) is 0 Å². The number of hydrogen-bond acceptors (Lipinski definition) is 7. The van der Waals surface area contributed by atoms with Crippen LogP contribution in [0, 0.1) is 0 Å². The number of halogens is 1. The number of nitrogens with zero attached hydrogens (tertiary/aromatic N) is 1. The van der Waals surface area contributed by atoms with Crippen molar-refractivity contribution in [2.45, 2.75) is 41.8 Å². The average Bonchev–Trinajstić information content (AvgIpc) is 3.27. The number of esters is 2. The fourth-order valence-corrected chi connectivity index (χ4v) is 6.28. The van der Waals surface area contributed by atoms with Crippen LogP contribution in [0.2, 0.25) is 0 Å². The SMILES string of the molecule is O=C(Cc1ccccc1)N[C@@H]1C(=O)N2[C@@H]1S[C@@H]1CC(=O)O[C@@]12C(=O)OCc1ccc(Br)cc1. The largest absolute Gasteiger partial charge is 0.456 e. The molecule has 5 rings (SSSR count). The molecule has 1 N–H and O–H groups in total. The molecular formula is C23H19BrN2O6S. The zero-order chi connectivity index (χ0) is 23.2. The molecule has 8 nitrogen and oxygen atoms in total. The topological polar surface area (TPSA) is 102 Å². The second kappa shape index (κ2) is 8.49. The van der Waals surface area contributed by atoms with Gasteiger partial charge < -0.3 is 14.8 Å². The second-order valence-electron chi connectivity index (χ2n) is 8.01. The molecule has 3 aliphatic heterocycles. The summed E-state index contributed by atoms with van der Waals surface area (Å²) in [7, 11) is 0. The smallest absolute Gasteiger partial charge is 0.374 e. The van der Waals surface area contributed by atoms with Crippen molar-refractivity contribution in [3.05, 3.63) is 70.2 Å². The molecule has 3 fully saturated rings. The molecule has 0 unspecified atom stereocenters. The van der Waals surface area contributed by atoms with E-state index in [4.69, 9.17) is 9.47 Å². The fraction of sp³-hybridized carbons (Fsp3) is 0.304. The summed E-state index contributed by atoms with van der Waals surface area (Å²) < 4.78 is 11.8. The highest BCUT2D eigenvalue weighted by molar-refractivity contribution is 9.10. The van der Waals surface area contributed by atoms with Gasteiger partial charge >= 0.3 is 11.9 Å². The highest BCUT2D eigenvalue weighted by Crippen LogP contribution is 2.55. The summed E-state index contributed by atoms with van der Waals surface area (Å²) >= 11 is 4.63. The van der Waals surface area contributed by atoms with Crippen LogP contribution in [-0.2, 0) is 41.7 Å². The number of thioether (sulfide) groups is 1. The third-order valence-corrected chi connectivity index (χ3v) is 7.97. The molecular weight excluding hydrogens is 512 g/mol. The minimum atomic E-state index is -1.79. The molecule has 3 aliphatic rings. The van der Waals surface area contributed by atoms with E-state index in [1.807, 2.05) is 42.5 Å². The van der Waals surface area contributed by atoms with Crippen molar-refractivity contribution in [1.29, 1.82) is 0 Å². The Kier molecular flexibility index (Phi) is 5.65. The van der Waals surface area contributed by atoms with Crippen molar-refractivity contribution >= 4 is 51.4 Å². The van der Waals surface area contributed by atoms with Gasteiger partial charge in [0.2, 0.25) is 5.91 Å². The lowest BCUT2D eigenvalue weighted by molar-refractivity contribution is -0.208. The van der Waals surface area contributed by atoms with Gasteiger partial charge in [0.25, 0.3) is 11.6 Å². The van der Waals surface area contributed by atoms with Gasteiger partial charge in [-0.25, -0.2) is 4.79 Å². The first-order valence-electron chi connectivity index (χ1n) is 10.3. The molecule has 33 heavy (non-hydrogen) atoms. The van der Waals surface area contributed by atoms with E-state index in [1.165, 1.54) is 16.7 Å². The molecule has 0 aliphatic carbocycles. The molecule has 3 heterocycles. The summed E-state index contributed by atoms with van der Waals surface area (Å²) in [5, 5.41) is 1.66. The number of carbonyl (C=O) groups is 4.